The first-order valence-electron chi connectivity index (χ1n) is 13.3. The van der Waals surface area contributed by atoms with Crippen LogP contribution in [0.4, 0.5) is 5.69 Å². The fourth-order valence-electron chi connectivity index (χ4n) is 4.25. The molecule has 0 saturated carbocycles. The first kappa shape index (κ1) is 32.1. The van der Waals surface area contributed by atoms with Crippen molar-refractivity contribution in [3.63, 3.8) is 0 Å². The van der Waals surface area contributed by atoms with Gasteiger partial charge < -0.3 is 24.8 Å². The minimum atomic E-state index is -0.642. The normalized spacial score (nSPS) is 14.4. The molecule has 4 rings (SSSR count). The lowest BCUT2D eigenvalue weighted by atomic mass is 9.95. The molecule has 0 bridgehead atoms. The van der Waals surface area contributed by atoms with Crippen LogP contribution in [0.25, 0.3) is 0 Å². The Morgan fingerprint density at radius 1 is 1.11 bits per heavy atom. The molecule has 12 nitrogen and oxygen atoms in total. The molecular weight excluding hydrogens is 654 g/mol. The van der Waals surface area contributed by atoms with Crippen molar-refractivity contribution in [2.24, 2.45) is 5.10 Å². The third-order valence-corrected chi connectivity index (χ3v) is 7.07. The predicted octanol–water partition coefficient (Wildman–Crippen LogP) is 4.82. The SMILES string of the molecule is CCOC(=O)C1=C(C)NC(=S)N[C@@H]1c1ccccc1OCC(=O)NN=Cc1ccc(OCc2cccc([N+](=O)[O-])c2)c(Br)c1. The highest BCUT2D eigenvalue weighted by atomic mass is 79.9. The Bertz CT molecular complexity index is 1650. The molecule has 44 heavy (non-hydrogen) atoms. The molecule has 0 saturated heterocycles. The van der Waals surface area contributed by atoms with Crippen LogP contribution in [-0.2, 0) is 20.9 Å². The number of hydrazone groups is 1. The summed E-state index contributed by atoms with van der Waals surface area (Å²) in [7, 11) is 0. The van der Waals surface area contributed by atoms with Gasteiger partial charge in [-0.15, -0.1) is 0 Å². The van der Waals surface area contributed by atoms with E-state index in [2.05, 4.69) is 37.1 Å². The van der Waals surface area contributed by atoms with Crippen molar-refractivity contribution in [3.05, 3.63) is 109 Å². The monoisotopic (exact) mass is 681 g/mol. The number of carbonyl (C=O) groups excluding carboxylic acids is 2. The standard InChI is InChI=1S/C30H28BrN5O7S/c1-3-41-29(38)27-18(2)33-30(44)34-28(27)22-9-4-5-10-24(22)43-17-26(37)35-32-15-19-11-12-25(23(31)14-19)42-16-20-7-6-8-21(13-20)36(39)40/h4-15,28H,3,16-17H2,1-2H3,(H,35,37)(H2,33,34,44)/t28-/m1/s1. The minimum absolute atomic E-state index is 0.00723. The molecule has 0 aliphatic carbocycles. The Hall–Kier alpha value is -4.82. The number of nitrogens with one attached hydrogen (secondary N) is 3. The fourth-order valence-corrected chi connectivity index (χ4v) is 5.03. The van der Waals surface area contributed by atoms with Crippen LogP contribution in [-0.4, -0.2) is 41.3 Å². The van der Waals surface area contributed by atoms with E-state index in [0.717, 1.165) is 0 Å². The summed E-state index contributed by atoms with van der Waals surface area (Å²) in [5.41, 5.74) is 5.28. The quantitative estimate of drug-likeness (QED) is 0.0797. The number of ether oxygens (including phenoxy) is 3. The van der Waals surface area contributed by atoms with E-state index in [1.807, 2.05) is 0 Å². The summed E-state index contributed by atoms with van der Waals surface area (Å²) in [4.78, 5) is 35.8. The highest BCUT2D eigenvalue weighted by Gasteiger charge is 2.32. The number of non-ortho nitro benzene ring substituents is 1. The number of halogens is 1. The van der Waals surface area contributed by atoms with Gasteiger partial charge in [-0.1, -0.05) is 30.3 Å². The van der Waals surface area contributed by atoms with E-state index in [1.54, 1.807) is 68.4 Å². The van der Waals surface area contributed by atoms with Crippen molar-refractivity contribution in [1.82, 2.24) is 16.1 Å². The Kier molecular flexibility index (Phi) is 11.0. The topological polar surface area (TPSA) is 153 Å². The van der Waals surface area contributed by atoms with E-state index < -0.39 is 22.8 Å². The summed E-state index contributed by atoms with van der Waals surface area (Å²) in [5.74, 6) is -0.0794. The Morgan fingerprint density at radius 2 is 1.91 bits per heavy atom. The minimum Gasteiger partial charge on any atom is -0.488 e. The van der Waals surface area contributed by atoms with Gasteiger partial charge in [-0.05, 0) is 77.4 Å². The summed E-state index contributed by atoms with van der Waals surface area (Å²) in [6.07, 6.45) is 1.46. The van der Waals surface area contributed by atoms with Gasteiger partial charge in [-0.3, -0.25) is 14.9 Å². The zero-order valence-electron chi connectivity index (χ0n) is 23.7. The van der Waals surface area contributed by atoms with Crippen molar-refractivity contribution in [2.75, 3.05) is 13.2 Å². The van der Waals surface area contributed by atoms with E-state index in [4.69, 9.17) is 26.4 Å². The van der Waals surface area contributed by atoms with Crippen LogP contribution in [0.5, 0.6) is 11.5 Å². The van der Waals surface area contributed by atoms with Crippen LogP contribution >= 0.6 is 28.1 Å². The molecule has 1 amide bonds. The third-order valence-electron chi connectivity index (χ3n) is 6.23. The number of benzene rings is 3. The molecule has 0 unspecified atom stereocenters. The summed E-state index contributed by atoms with van der Waals surface area (Å²) < 4.78 is 17.5. The average Bonchev–Trinajstić information content (AvgIpc) is 2.99. The molecule has 1 heterocycles. The van der Waals surface area contributed by atoms with E-state index in [1.165, 1.54) is 18.3 Å². The Labute approximate surface area is 266 Å². The van der Waals surface area contributed by atoms with Crippen LogP contribution in [0.1, 0.15) is 36.6 Å². The van der Waals surface area contributed by atoms with Gasteiger partial charge in [0.2, 0.25) is 0 Å². The van der Waals surface area contributed by atoms with E-state index in [-0.39, 0.29) is 25.5 Å². The molecule has 0 spiro atoms. The second-order valence-corrected chi connectivity index (χ2v) is 10.6. The maximum absolute atomic E-state index is 12.7. The van der Waals surface area contributed by atoms with E-state index >= 15 is 0 Å². The first-order valence-corrected chi connectivity index (χ1v) is 14.5. The van der Waals surface area contributed by atoms with Crippen LogP contribution in [0, 0.1) is 10.1 Å². The highest BCUT2D eigenvalue weighted by molar-refractivity contribution is 9.10. The van der Waals surface area contributed by atoms with Gasteiger partial charge in [-0.25, -0.2) is 10.2 Å². The van der Waals surface area contributed by atoms with Gasteiger partial charge in [0.1, 0.15) is 18.1 Å². The molecule has 14 heteroatoms. The maximum atomic E-state index is 12.7. The van der Waals surface area contributed by atoms with Crippen molar-refractivity contribution in [1.29, 1.82) is 0 Å². The number of nitrogens with zero attached hydrogens (tertiary/aromatic N) is 2. The fraction of sp³-hybridized carbons (Fsp3) is 0.200. The number of carbonyl (C=O) groups is 2. The molecule has 0 fully saturated rings. The van der Waals surface area contributed by atoms with Gasteiger partial charge >= 0.3 is 5.97 Å². The number of rotatable bonds is 12. The lowest BCUT2D eigenvalue weighted by Gasteiger charge is -2.30. The van der Waals surface area contributed by atoms with Gasteiger partial charge in [0.25, 0.3) is 11.6 Å². The molecule has 1 aliphatic heterocycles. The van der Waals surface area contributed by atoms with Gasteiger partial charge in [-0.2, -0.15) is 5.10 Å². The number of esters is 1. The Balaban J connectivity index is 1.34. The molecule has 0 aromatic heterocycles. The number of para-hydroxylation sites is 1. The van der Waals surface area contributed by atoms with Crippen molar-refractivity contribution >= 4 is 57.0 Å². The molecule has 3 aromatic carbocycles. The predicted molar refractivity (Wildman–Crippen MR) is 170 cm³/mol. The van der Waals surface area contributed by atoms with Crippen molar-refractivity contribution in [2.45, 2.75) is 26.5 Å². The molecular formula is C30H28BrN5O7S. The molecule has 3 N–H and O–H groups in total. The smallest absolute Gasteiger partial charge is 0.338 e. The number of thiocarbonyl (C=S) groups is 1. The number of nitro benzene ring substituents is 1. The second kappa shape index (κ2) is 15.1. The summed E-state index contributed by atoms with van der Waals surface area (Å²) >= 11 is 8.75. The molecule has 228 valence electrons. The van der Waals surface area contributed by atoms with E-state index in [9.17, 15) is 19.7 Å². The van der Waals surface area contributed by atoms with Crippen LogP contribution < -0.4 is 25.5 Å². The van der Waals surface area contributed by atoms with Crippen LogP contribution in [0.2, 0.25) is 0 Å². The molecule has 0 radical (unpaired) electrons. The average molecular weight is 683 g/mol. The zero-order chi connectivity index (χ0) is 31.6. The molecule has 1 atom stereocenters. The summed E-state index contributed by atoms with van der Waals surface area (Å²) in [6, 6.07) is 17.8. The zero-order valence-corrected chi connectivity index (χ0v) is 26.1. The maximum Gasteiger partial charge on any atom is 0.338 e. The van der Waals surface area contributed by atoms with E-state index in [0.29, 0.717) is 49.0 Å². The number of nitro groups is 1. The lowest BCUT2D eigenvalue weighted by molar-refractivity contribution is -0.384. The summed E-state index contributed by atoms with van der Waals surface area (Å²) in [5, 5.41) is 21.4. The number of hydrogen-bond donors (Lipinski definition) is 3. The van der Waals surface area contributed by atoms with Gasteiger partial charge in [0.15, 0.2) is 11.7 Å². The summed E-state index contributed by atoms with van der Waals surface area (Å²) in [6.45, 7) is 3.48. The molecule has 1 aliphatic rings. The van der Waals surface area contributed by atoms with Gasteiger partial charge in [0.05, 0.1) is 33.8 Å². The third kappa shape index (κ3) is 8.39. The van der Waals surface area contributed by atoms with Crippen LogP contribution in [0.3, 0.4) is 0 Å². The van der Waals surface area contributed by atoms with Crippen molar-refractivity contribution < 1.29 is 28.7 Å². The van der Waals surface area contributed by atoms with Crippen molar-refractivity contribution in [3.8, 4) is 11.5 Å². The number of hydrogen-bond acceptors (Lipinski definition) is 9. The Morgan fingerprint density at radius 3 is 2.66 bits per heavy atom. The first-order chi connectivity index (χ1) is 21.2. The highest BCUT2D eigenvalue weighted by Crippen LogP contribution is 2.33. The number of amides is 1. The van der Waals surface area contributed by atoms with Gasteiger partial charge in [0, 0.05) is 23.4 Å². The molecule has 3 aromatic rings. The number of allylic oxidation sites excluding steroid dienone is 1. The lowest BCUT2D eigenvalue weighted by Crippen LogP contribution is -2.45. The van der Waals surface area contributed by atoms with Crippen LogP contribution in [0.15, 0.2) is 87.6 Å². The largest absolute Gasteiger partial charge is 0.488 e. The second-order valence-electron chi connectivity index (χ2n) is 9.32.